The predicted molar refractivity (Wildman–Crippen MR) is 488 cm³/mol. The van der Waals surface area contributed by atoms with Crippen molar-refractivity contribution in [3.63, 3.8) is 0 Å². The zero-order chi connectivity index (χ0) is 78.2. The molecule has 0 unspecified atom stereocenters. The van der Waals surface area contributed by atoms with Crippen molar-refractivity contribution in [3.05, 3.63) is 425 Å². The molecule has 0 N–H and O–H groups in total. The molecule has 22 rings (SSSR count). The maximum Gasteiger partial charge on any atom is 0.160 e. The molecule has 0 atom stereocenters. The lowest BCUT2D eigenvalue weighted by molar-refractivity contribution is 1.18. The lowest BCUT2D eigenvalue weighted by atomic mass is 9.93. The first-order valence-electron chi connectivity index (χ1n) is 39.8. The van der Waals surface area contributed by atoms with Crippen LogP contribution in [0.1, 0.15) is 0 Å². The first-order valence-corrected chi connectivity index (χ1v) is 39.8. The van der Waals surface area contributed by atoms with Gasteiger partial charge in [0.05, 0.1) is 67.3 Å². The Hall–Kier alpha value is -15.9. The number of rotatable bonds is 13. The van der Waals surface area contributed by atoms with Crippen LogP contribution < -0.4 is 0 Å². The molecule has 0 spiro atoms. The summed E-state index contributed by atoms with van der Waals surface area (Å²) in [6.07, 6.45) is 0. The molecule has 8 nitrogen and oxygen atoms in total. The fourth-order valence-corrected chi connectivity index (χ4v) is 16.3. The smallest absolute Gasteiger partial charge is 0.160 e. The van der Waals surface area contributed by atoms with Gasteiger partial charge in [-0.3, -0.25) is 0 Å². The number of benzene rings is 16. The van der Waals surface area contributed by atoms with E-state index in [9.17, 15) is 0 Å². The van der Waals surface area contributed by atoms with Crippen LogP contribution >= 0.6 is 0 Å². The third kappa shape index (κ3) is 13.7. The Balaban J connectivity index is 0.000000149. The zero-order valence-corrected chi connectivity index (χ0v) is 64.0. The van der Waals surface area contributed by atoms with Crippen LogP contribution in [-0.4, -0.2) is 39.9 Å². The molecule has 0 aliphatic carbocycles. The molecule has 22 aromatic rings. The van der Waals surface area contributed by atoms with Crippen molar-refractivity contribution in [1.29, 1.82) is 0 Å². The molecule has 8 heteroatoms. The van der Waals surface area contributed by atoms with Gasteiger partial charge in [0.15, 0.2) is 11.6 Å². The van der Waals surface area contributed by atoms with Crippen LogP contribution in [0.15, 0.2) is 425 Å². The standard InChI is InChI=1S/C60H38N4.C50H32N4/c1-4-12-39(13-5-1)41-20-24-44(25-21-41)55-38-56(45-26-22-42(23-27-45)40-14-6-2-7-15-40)64-60(63-55)50-31-29-47-36-49(30-28-48(47)37-50)57-51-18-10-11-19-54(51)62-59-52(57)34-32-46-33-35-53(61-58(46)59)43-16-8-3-9-17-43;1-4-12-33(13-5-1)34-20-22-37(23-21-34)46-32-45(36-16-8-3-9-17-36)53-50(54-46)40-26-24-38(25-27-40)47-41-18-10-11-19-44(41)52-49-42(47)30-28-39-29-31-43(51-48(39)49)35-14-6-2-7-15-35/h1-38H;1-32H. The normalized spacial score (nSPS) is 11.4. The zero-order valence-electron chi connectivity index (χ0n) is 64.0. The van der Waals surface area contributed by atoms with E-state index < -0.39 is 0 Å². The summed E-state index contributed by atoms with van der Waals surface area (Å²) in [4.78, 5) is 41.6. The summed E-state index contributed by atoms with van der Waals surface area (Å²) in [7, 11) is 0. The Bertz CT molecular complexity index is 7420. The third-order valence-electron chi connectivity index (χ3n) is 22.4. The van der Waals surface area contributed by atoms with Gasteiger partial charge in [0.25, 0.3) is 0 Å². The maximum atomic E-state index is 5.25. The fraction of sp³-hybridized carbons (Fsp3) is 0. The Morgan fingerprint density at radius 3 is 0.788 bits per heavy atom. The van der Waals surface area contributed by atoms with Gasteiger partial charge in [0, 0.05) is 88.0 Å². The van der Waals surface area contributed by atoms with Crippen molar-refractivity contribution in [1.82, 2.24) is 39.9 Å². The van der Waals surface area contributed by atoms with E-state index in [0.717, 1.165) is 177 Å². The number of fused-ring (bicyclic) bond motifs is 9. The predicted octanol–water partition coefficient (Wildman–Crippen LogP) is 28.3. The van der Waals surface area contributed by atoms with Gasteiger partial charge in [-0.2, -0.15) is 0 Å². The van der Waals surface area contributed by atoms with Gasteiger partial charge < -0.3 is 0 Å². The summed E-state index contributed by atoms with van der Waals surface area (Å²) in [5, 5.41) is 8.71. The summed E-state index contributed by atoms with van der Waals surface area (Å²) in [5.74, 6) is 1.36. The highest BCUT2D eigenvalue weighted by atomic mass is 14.9. The van der Waals surface area contributed by atoms with Gasteiger partial charge in [-0.1, -0.05) is 376 Å². The molecule has 0 amide bonds. The largest absolute Gasteiger partial charge is 0.245 e. The van der Waals surface area contributed by atoms with Gasteiger partial charge in [-0.05, 0) is 104 Å². The number of nitrogens with zero attached hydrogens (tertiary/aromatic N) is 8. The van der Waals surface area contributed by atoms with Crippen molar-refractivity contribution in [2.45, 2.75) is 0 Å². The molecule has 16 aromatic carbocycles. The lowest BCUT2D eigenvalue weighted by Gasteiger charge is -2.14. The van der Waals surface area contributed by atoms with Crippen LogP contribution in [0.4, 0.5) is 0 Å². The summed E-state index contributed by atoms with van der Waals surface area (Å²) < 4.78 is 0. The summed E-state index contributed by atoms with van der Waals surface area (Å²) in [5.41, 5.74) is 30.6. The molecule has 550 valence electrons. The molecular formula is C110H70N8. The van der Waals surface area contributed by atoms with Gasteiger partial charge in [-0.25, -0.2) is 39.9 Å². The highest BCUT2D eigenvalue weighted by Crippen LogP contribution is 2.43. The van der Waals surface area contributed by atoms with Gasteiger partial charge in [-0.15, -0.1) is 0 Å². The minimum atomic E-state index is 0.679. The molecule has 0 saturated carbocycles. The topological polar surface area (TPSA) is 103 Å². The summed E-state index contributed by atoms with van der Waals surface area (Å²) in [6.45, 7) is 0. The molecule has 0 aliphatic heterocycles. The molecule has 0 bridgehead atoms. The highest BCUT2D eigenvalue weighted by Gasteiger charge is 2.21. The van der Waals surface area contributed by atoms with Crippen LogP contribution in [0.3, 0.4) is 0 Å². The van der Waals surface area contributed by atoms with E-state index in [4.69, 9.17) is 39.9 Å². The van der Waals surface area contributed by atoms with E-state index in [1.807, 2.05) is 66.7 Å². The van der Waals surface area contributed by atoms with Crippen molar-refractivity contribution >= 4 is 76.2 Å². The van der Waals surface area contributed by atoms with Crippen molar-refractivity contribution in [2.24, 2.45) is 0 Å². The second-order valence-electron chi connectivity index (χ2n) is 29.7. The average Bonchev–Trinajstić information content (AvgIpc) is 0.741. The van der Waals surface area contributed by atoms with Crippen molar-refractivity contribution in [3.8, 4) is 146 Å². The van der Waals surface area contributed by atoms with Crippen LogP contribution in [0.25, 0.3) is 222 Å². The van der Waals surface area contributed by atoms with Crippen molar-refractivity contribution in [2.75, 3.05) is 0 Å². The average molecular weight is 1500 g/mol. The molecule has 0 saturated heterocycles. The fourth-order valence-electron chi connectivity index (χ4n) is 16.3. The lowest BCUT2D eigenvalue weighted by Crippen LogP contribution is -1.96. The second kappa shape index (κ2) is 30.5. The quantitative estimate of drug-likeness (QED) is 0.0831. The van der Waals surface area contributed by atoms with Crippen LogP contribution in [0.2, 0.25) is 0 Å². The number of hydrogen-bond acceptors (Lipinski definition) is 8. The van der Waals surface area contributed by atoms with E-state index in [-0.39, 0.29) is 0 Å². The third-order valence-corrected chi connectivity index (χ3v) is 22.4. The van der Waals surface area contributed by atoms with Crippen LogP contribution in [0.5, 0.6) is 0 Å². The summed E-state index contributed by atoms with van der Waals surface area (Å²) >= 11 is 0. The second-order valence-corrected chi connectivity index (χ2v) is 29.7. The Labute approximate surface area is 682 Å². The SMILES string of the molecule is c1ccc(-c2ccc(-c3cc(-c4ccc(-c5ccccc5)cc4)nc(-c4ccc5cc(-c6c7ccccc7nc7c6ccc6ccc(-c8ccccc8)nc67)ccc5c4)n3)cc2)cc1.c1ccc(-c2ccc(-c3cc(-c4ccccc4)nc(-c4ccc(-c5c6ccccc6nc6c5ccc5ccc(-c7ccccc7)nc56)cc4)n3)cc2)cc1. The molecular weight excluding hydrogens is 1430 g/mol. The minimum Gasteiger partial charge on any atom is -0.245 e. The molecule has 6 heterocycles. The molecule has 6 aromatic heterocycles. The van der Waals surface area contributed by atoms with E-state index in [2.05, 4.69) is 358 Å². The number of hydrogen-bond donors (Lipinski definition) is 0. The molecule has 0 fully saturated rings. The Morgan fingerprint density at radius 1 is 0.127 bits per heavy atom. The van der Waals surface area contributed by atoms with Crippen LogP contribution in [0, 0.1) is 0 Å². The van der Waals surface area contributed by atoms with E-state index >= 15 is 0 Å². The molecule has 118 heavy (non-hydrogen) atoms. The number of para-hydroxylation sites is 2. The maximum absolute atomic E-state index is 5.25. The first kappa shape index (κ1) is 70.0. The molecule has 0 radical (unpaired) electrons. The van der Waals surface area contributed by atoms with Crippen molar-refractivity contribution < 1.29 is 0 Å². The Morgan fingerprint density at radius 2 is 0.390 bits per heavy atom. The van der Waals surface area contributed by atoms with E-state index in [1.165, 1.54) is 33.4 Å². The van der Waals surface area contributed by atoms with Gasteiger partial charge >= 0.3 is 0 Å². The Kier molecular flexibility index (Phi) is 18.1. The highest BCUT2D eigenvalue weighted by molar-refractivity contribution is 6.18. The number of pyridine rings is 4. The van der Waals surface area contributed by atoms with Gasteiger partial charge in [0.1, 0.15) is 0 Å². The van der Waals surface area contributed by atoms with Crippen LogP contribution in [-0.2, 0) is 0 Å². The van der Waals surface area contributed by atoms with Gasteiger partial charge in [0.2, 0.25) is 0 Å². The summed E-state index contributed by atoms with van der Waals surface area (Å²) in [6, 6.07) is 148. The van der Waals surface area contributed by atoms with E-state index in [0.29, 0.717) is 11.6 Å². The van der Waals surface area contributed by atoms with E-state index in [1.54, 1.807) is 0 Å². The minimum absolute atomic E-state index is 0.679. The number of aromatic nitrogens is 8. The monoisotopic (exact) mass is 1500 g/mol. The first-order chi connectivity index (χ1) is 58.4. The molecule has 0 aliphatic rings.